The fraction of sp³-hybridized carbons (Fsp3) is 0.433. The van der Waals surface area contributed by atoms with Gasteiger partial charge in [-0.25, -0.2) is 9.79 Å². The van der Waals surface area contributed by atoms with Crippen LogP contribution in [0.4, 0.5) is 5.69 Å². The molecule has 0 spiro atoms. The lowest BCUT2D eigenvalue weighted by atomic mass is 9.85. The van der Waals surface area contributed by atoms with Crippen molar-refractivity contribution >= 4 is 47.7 Å². The highest BCUT2D eigenvalue weighted by Gasteiger charge is 2.38. The number of carboxylic acids is 1. The average molecular weight is 580 g/mol. The van der Waals surface area contributed by atoms with Crippen LogP contribution in [-0.2, 0) is 19.2 Å². The van der Waals surface area contributed by atoms with Gasteiger partial charge in [-0.05, 0) is 18.4 Å². The number of rotatable bonds is 10. The Bertz CT molecular complexity index is 1300. The summed E-state index contributed by atoms with van der Waals surface area (Å²) in [6.07, 6.45) is 4.15. The van der Waals surface area contributed by atoms with E-state index in [-0.39, 0.29) is 11.7 Å². The Morgan fingerprint density at radius 3 is 2.41 bits per heavy atom. The number of anilines is 1. The predicted molar refractivity (Wildman–Crippen MR) is 160 cm³/mol. The van der Waals surface area contributed by atoms with Crippen LogP contribution in [0.1, 0.15) is 49.7 Å². The van der Waals surface area contributed by atoms with Crippen LogP contribution < -0.4 is 16.0 Å². The number of hydrogen-bond donors (Lipinski definition) is 4. The second-order valence-electron chi connectivity index (χ2n) is 10.6. The molecule has 4 N–H and O–H groups in total. The molecule has 0 bridgehead atoms. The summed E-state index contributed by atoms with van der Waals surface area (Å²) in [6, 6.07) is 14.3. The third-order valence-corrected chi connectivity index (χ3v) is 8.09. The maximum Gasteiger partial charge on any atom is 0.326 e. The number of carbonyl (C=O) groups is 4. The Hall–Kier alpha value is -3.70. The summed E-state index contributed by atoms with van der Waals surface area (Å²) in [5.74, 6) is -2.55. The highest BCUT2D eigenvalue weighted by molar-refractivity contribution is 7.80. The van der Waals surface area contributed by atoms with Gasteiger partial charge in [-0.3, -0.25) is 19.3 Å². The quantitative estimate of drug-likeness (QED) is 0.318. The number of fused-ring (bicyclic) bond motifs is 1. The van der Waals surface area contributed by atoms with E-state index in [1.807, 2.05) is 30.3 Å². The van der Waals surface area contributed by atoms with E-state index in [9.17, 15) is 24.3 Å². The van der Waals surface area contributed by atoms with Crippen molar-refractivity contribution in [2.45, 2.75) is 56.8 Å². The Kier molecular flexibility index (Phi) is 10.2. The van der Waals surface area contributed by atoms with Gasteiger partial charge in [0.05, 0.1) is 17.4 Å². The zero-order chi connectivity index (χ0) is 29.5. The van der Waals surface area contributed by atoms with E-state index >= 15 is 0 Å². The van der Waals surface area contributed by atoms with E-state index in [4.69, 9.17) is 10.7 Å². The van der Waals surface area contributed by atoms with Gasteiger partial charge in [0.15, 0.2) is 0 Å². The van der Waals surface area contributed by atoms with Crippen LogP contribution in [0.15, 0.2) is 59.6 Å². The molecule has 3 amide bonds. The molecule has 1 fully saturated rings. The van der Waals surface area contributed by atoms with Crippen LogP contribution in [0.5, 0.6) is 0 Å². The largest absolute Gasteiger partial charge is 0.480 e. The van der Waals surface area contributed by atoms with Crippen molar-refractivity contribution in [1.29, 1.82) is 0 Å². The number of carboxylic acid groups (broad SMARTS) is 1. The van der Waals surface area contributed by atoms with Crippen LogP contribution in [-0.4, -0.2) is 77.0 Å². The number of aliphatic carboxylic acids is 1. The third-order valence-electron chi connectivity index (χ3n) is 7.69. The Morgan fingerprint density at radius 2 is 1.76 bits per heavy atom. The lowest BCUT2D eigenvalue weighted by Crippen LogP contribution is -2.55. The molecule has 1 heterocycles. The van der Waals surface area contributed by atoms with E-state index in [1.54, 1.807) is 24.3 Å². The van der Waals surface area contributed by atoms with Crippen molar-refractivity contribution in [2.75, 3.05) is 24.2 Å². The number of nitrogens with one attached hydrogen (secondary N) is 1. The number of carbonyl (C=O) groups excluding carboxylic acids is 3. The number of nitrogens with zero attached hydrogens (tertiary/aromatic N) is 3. The SMILES string of the molecule is CN(C(=O)C(N)CS)C1N=C(c2ccccc2)c2ccccc2N(CC(=O)N[C@@H](CC2CCCCC2)C(=O)O)C1=O. The van der Waals surface area contributed by atoms with E-state index < -0.39 is 48.5 Å². The second-order valence-corrected chi connectivity index (χ2v) is 11.0. The van der Waals surface area contributed by atoms with Gasteiger partial charge < -0.3 is 21.1 Å². The number of para-hydroxylation sites is 1. The van der Waals surface area contributed by atoms with Gasteiger partial charge in [-0.15, -0.1) is 0 Å². The van der Waals surface area contributed by atoms with Gasteiger partial charge in [0.2, 0.25) is 18.0 Å². The maximum atomic E-state index is 14.1. The summed E-state index contributed by atoms with van der Waals surface area (Å²) in [7, 11) is 1.44. The molecule has 3 atom stereocenters. The average Bonchev–Trinajstić information content (AvgIpc) is 3.11. The minimum atomic E-state index is -1.32. The van der Waals surface area contributed by atoms with Gasteiger partial charge in [0.1, 0.15) is 12.6 Å². The van der Waals surface area contributed by atoms with Crippen molar-refractivity contribution in [2.24, 2.45) is 16.6 Å². The summed E-state index contributed by atoms with van der Waals surface area (Å²) in [4.78, 5) is 59.7. The first-order chi connectivity index (χ1) is 19.7. The molecular formula is C30H37N5O5S. The van der Waals surface area contributed by atoms with Crippen molar-refractivity contribution in [3.8, 4) is 0 Å². The fourth-order valence-electron chi connectivity index (χ4n) is 5.48. The van der Waals surface area contributed by atoms with E-state index in [2.05, 4.69) is 17.9 Å². The first kappa shape index (κ1) is 30.3. The number of hydrogen-bond acceptors (Lipinski definition) is 7. The minimum absolute atomic E-state index is 0.0727. The van der Waals surface area contributed by atoms with Gasteiger partial charge in [0, 0.05) is 23.9 Å². The monoisotopic (exact) mass is 579 g/mol. The Balaban J connectivity index is 1.69. The van der Waals surface area contributed by atoms with Gasteiger partial charge in [-0.1, -0.05) is 80.6 Å². The van der Waals surface area contributed by atoms with Gasteiger partial charge >= 0.3 is 5.97 Å². The summed E-state index contributed by atoms with van der Waals surface area (Å²) < 4.78 is 0. The molecule has 0 radical (unpaired) electrons. The molecule has 4 rings (SSSR count). The number of amides is 3. The van der Waals surface area contributed by atoms with Gasteiger partial charge in [-0.2, -0.15) is 12.6 Å². The number of likely N-dealkylation sites (N-methyl/N-ethyl adjacent to an activating group) is 1. The predicted octanol–water partition coefficient (Wildman–Crippen LogP) is 2.45. The second kappa shape index (κ2) is 13.8. The molecule has 218 valence electrons. The van der Waals surface area contributed by atoms with Crippen LogP contribution in [0.3, 0.4) is 0 Å². The zero-order valence-electron chi connectivity index (χ0n) is 23.1. The topological polar surface area (TPSA) is 145 Å². The van der Waals surface area contributed by atoms with Crippen molar-refractivity contribution in [3.63, 3.8) is 0 Å². The number of thiol groups is 1. The molecule has 1 aliphatic carbocycles. The van der Waals surface area contributed by atoms with E-state index in [0.717, 1.165) is 37.7 Å². The molecular weight excluding hydrogens is 542 g/mol. The highest BCUT2D eigenvalue weighted by Crippen LogP contribution is 2.30. The van der Waals surface area contributed by atoms with Crippen LogP contribution in [0, 0.1) is 5.92 Å². The molecule has 0 aromatic heterocycles. The van der Waals surface area contributed by atoms with Crippen LogP contribution in [0.2, 0.25) is 0 Å². The molecule has 2 unspecified atom stereocenters. The molecule has 10 nitrogen and oxygen atoms in total. The van der Waals surface area contributed by atoms with Crippen molar-refractivity contribution in [1.82, 2.24) is 10.2 Å². The summed E-state index contributed by atoms with van der Waals surface area (Å²) in [5, 5.41) is 12.5. The first-order valence-corrected chi connectivity index (χ1v) is 14.5. The smallest absolute Gasteiger partial charge is 0.326 e. The van der Waals surface area contributed by atoms with E-state index in [0.29, 0.717) is 23.4 Å². The molecule has 1 aliphatic heterocycles. The first-order valence-electron chi connectivity index (χ1n) is 13.9. The Labute approximate surface area is 245 Å². The lowest BCUT2D eigenvalue weighted by molar-refractivity contribution is -0.142. The molecule has 41 heavy (non-hydrogen) atoms. The lowest BCUT2D eigenvalue weighted by Gasteiger charge is -2.30. The number of aliphatic imine (C=N–C) groups is 1. The summed E-state index contributed by atoms with van der Waals surface area (Å²) in [5.41, 5.74) is 8.17. The molecule has 0 saturated heterocycles. The van der Waals surface area contributed by atoms with Crippen molar-refractivity contribution < 1.29 is 24.3 Å². The number of benzene rings is 2. The molecule has 1 saturated carbocycles. The van der Waals surface area contributed by atoms with Crippen LogP contribution in [0.25, 0.3) is 0 Å². The molecule has 2 aliphatic rings. The number of nitrogens with two attached hydrogens (primary N) is 1. The van der Waals surface area contributed by atoms with Crippen LogP contribution >= 0.6 is 12.6 Å². The standard InChI is InChI=1S/C30H37N5O5S/c1-34(28(37)22(31)18-41)27-29(38)35(17-25(36)32-23(30(39)40)16-19-10-4-2-5-11-19)24-15-9-8-14-21(24)26(33-27)20-12-6-3-7-13-20/h3,6-9,12-15,19,22-23,27,41H,2,4-5,10-11,16-18,31H2,1H3,(H,32,36)(H,39,40)/t22?,23-,27?/m0/s1. The summed E-state index contributed by atoms with van der Waals surface area (Å²) >= 11 is 4.13. The van der Waals surface area contributed by atoms with Crippen molar-refractivity contribution in [3.05, 3.63) is 65.7 Å². The third kappa shape index (κ3) is 7.15. The molecule has 2 aromatic carbocycles. The van der Waals surface area contributed by atoms with E-state index in [1.165, 1.54) is 16.8 Å². The fourth-order valence-corrected chi connectivity index (χ4v) is 5.63. The minimum Gasteiger partial charge on any atom is -0.480 e. The van der Waals surface area contributed by atoms with Gasteiger partial charge in [0.25, 0.3) is 5.91 Å². The maximum absolute atomic E-state index is 14.1. The number of benzodiazepines with no additional fused rings is 1. The normalized spacial score (nSPS) is 18.9. The Morgan fingerprint density at radius 1 is 1.10 bits per heavy atom. The molecule has 2 aromatic rings. The molecule has 11 heteroatoms. The zero-order valence-corrected chi connectivity index (χ0v) is 24.0. The summed E-state index contributed by atoms with van der Waals surface area (Å²) in [6.45, 7) is -0.445. The highest BCUT2D eigenvalue weighted by atomic mass is 32.1.